The number of anilines is 1. The van der Waals surface area contributed by atoms with E-state index in [4.69, 9.17) is 28.9 Å². The van der Waals surface area contributed by atoms with Crippen molar-refractivity contribution < 1.29 is 19.6 Å². The normalized spacial score (nSPS) is 13.0. The first-order chi connectivity index (χ1) is 11.2. The number of hydrogen-bond acceptors (Lipinski definition) is 6. The van der Waals surface area contributed by atoms with Gasteiger partial charge >= 0.3 is 7.12 Å². The SMILES string of the molecule is Nc1c2c(cc(=O)n1-c1cc(B(O)O)c(Cl)cc1Cl)C(=O)NC2=O. The Morgan fingerprint density at radius 2 is 1.71 bits per heavy atom. The van der Waals surface area contributed by atoms with Crippen LogP contribution >= 0.6 is 23.2 Å². The van der Waals surface area contributed by atoms with Crippen LogP contribution in [0.5, 0.6) is 0 Å². The molecule has 0 fully saturated rings. The Kier molecular flexibility index (Phi) is 3.88. The van der Waals surface area contributed by atoms with Crippen LogP contribution in [-0.2, 0) is 0 Å². The van der Waals surface area contributed by atoms with Gasteiger partial charge in [-0.05, 0) is 12.1 Å². The Bertz CT molecular complexity index is 973. The quantitative estimate of drug-likeness (QED) is 0.409. The maximum atomic E-state index is 12.3. The first-order valence-electron chi connectivity index (χ1n) is 6.49. The largest absolute Gasteiger partial charge is 0.490 e. The van der Waals surface area contributed by atoms with Gasteiger partial charge in [0.25, 0.3) is 17.4 Å². The number of halogens is 2. The van der Waals surface area contributed by atoms with Crippen LogP contribution in [0.15, 0.2) is 23.0 Å². The molecule has 1 aliphatic heterocycles. The van der Waals surface area contributed by atoms with E-state index < -0.39 is 24.5 Å². The molecule has 0 spiro atoms. The number of nitrogens with one attached hydrogen (secondary N) is 1. The number of fused-ring (bicyclic) bond motifs is 1. The molecule has 0 saturated heterocycles. The second-order valence-corrected chi connectivity index (χ2v) is 5.79. The van der Waals surface area contributed by atoms with E-state index in [-0.39, 0.29) is 38.1 Å². The standard InChI is InChI=1S/C13H8BCl2N3O5/c15-6-3-7(16)8(2-5(6)14(23)24)19-9(20)1-4-10(11(19)17)13(22)18-12(4)21/h1-3,23-24H,17H2,(H,18,21,22). The summed E-state index contributed by atoms with van der Waals surface area (Å²) in [5.74, 6) is -1.77. The summed E-state index contributed by atoms with van der Waals surface area (Å²) in [5.41, 5.74) is 4.75. The van der Waals surface area contributed by atoms with E-state index in [0.29, 0.717) is 0 Å². The molecule has 0 aliphatic carbocycles. The number of nitrogen functional groups attached to an aromatic ring is 1. The molecule has 0 unspecified atom stereocenters. The number of nitrogens with two attached hydrogens (primary N) is 1. The van der Waals surface area contributed by atoms with Gasteiger partial charge in [0.2, 0.25) is 0 Å². The molecule has 0 radical (unpaired) electrons. The molecule has 2 amide bonds. The summed E-state index contributed by atoms with van der Waals surface area (Å²) in [4.78, 5) is 35.8. The summed E-state index contributed by atoms with van der Waals surface area (Å²) in [6.07, 6.45) is 0. The molecule has 1 aliphatic rings. The third kappa shape index (κ3) is 2.38. The van der Waals surface area contributed by atoms with E-state index in [0.717, 1.165) is 16.7 Å². The van der Waals surface area contributed by atoms with Crippen molar-refractivity contribution >= 4 is 53.4 Å². The van der Waals surface area contributed by atoms with Gasteiger partial charge in [-0.25, -0.2) is 0 Å². The Hall–Kier alpha value is -2.33. The van der Waals surface area contributed by atoms with Gasteiger partial charge in [0.15, 0.2) is 0 Å². The number of imide groups is 1. The Morgan fingerprint density at radius 3 is 2.33 bits per heavy atom. The maximum Gasteiger partial charge on any atom is 0.490 e. The average Bonchev–Trinajstić information content (AvgIpc) is 2.75. The molecule has 3 rings (SSSR count). The van der Waals surface area contributed by atoms with Crippen molar-refractivity contribution in [2.24, 2.45) is 0 Å². The summed E-state index contributed by atoms with van der Waals surface area (Å²) < 4.78 is 0.890. The summed E-state index contributed by atoms with van der Waals surface area (Å²) in [5, 5.41) is 20.7. The third-order valence-electron chi connectivity index (χ3n) is 3.54. The number of carbonyl (C=O) groups is 2. The molecule has 1 aromatic carbocycles. The number of carbonyl (C=O) groups excluding carboxylic acids is 2. The fraction of sp³-hybridized carbons (Fsp3) is 0. The lowest BCUT2D eigenvalue weighted by Crippen LogP contribution is -2.32. The zero-order valence-corrected chi connectivity index (χ0v) is 13.2. The minimum Gasteiger partial charge on any atom is -0.423 e. The molecule has 24 heavy (non-hydrogen) atoms. The van der Waals surface area contributed by atoms with Gasteiger partial charge < -0.3 is 15.8 Å². The highest BCUT2D eigenvalue weighted by Crippen LogP contribution is 2.27. The molecular weight excluding hydrogens is 360 g/mol. The zero-order valence-electron chi connectivity index (χ0n) is 11.7. The van der Waals surface area contributed by atoms with Gasteiger partial charge in [0, 0.05) is 16.6 Å². The number of benzene rings is 1. The van der Waals surface area contributed by atoms with Crippen LogP contribution in [-0.4, -0.2) is 33.5 Å². The monoisotopic (exact) mass is 367 g/mol. The lowest BCUT2D eigenvalue weighted by molar-refractivity contribution is 0.0880. The number of aromatic nitrogens is 1. The third-order valence-corrected chi connectivity index (χ3v) is 4.17. The molecule has 0 saturated carbocycles. The van der Waals surface area contributed by atoms with E-state index in [9.17, 15) is 24.4 Å². The summed E-state index contributed by atoms with van der Waals surface area (Å²) >= 11 is 11.9. The van der Waals surface area contributed by atoms with Crippen LogP contribution in [0.4, 0.5) is 5.82 Å². The molecule has 0 atom stereocenters. The summed E-state index contributed by atoms with van der Waals surface area (Å²) in [7, 11) is -1.91. The predicted octanol–water partition coefficient (Wildman–Crippen LogP) is -0.710. The molecular formula is C13H8BCl2N3O5. The fourth-order valence-electron chi connectivity index (χ4n) is 2.45. The van der Waals surface area contributed by atoms with E-state index in [1.165, 1.54) is 6.07 Å². The minimum atomic E-state index is -1.91. The predicted molar refractivity (Wildman–Crippen MR) is 88.1 cm³/mol. The fourth-order valence-corrected chi connectivity index (χ4v) is 3.02. The maximum absolute atomic E-state index is 12.3. The number of nitrogens with zero attached hydrogens (tertiary/aromatic N) is 1. The molecule has 5 N–H and O–H groups in total. The van der Waals surface area contributed by atoms with E-state index >= 15 is 0 Å². The molecule has 2 heterocycles. The highest BCUT2D eigenvalue weighted by molar-refractivity contribution is 6.63. The van der Waals surface area contributed by atoms with Crippen LogP contribution in [0.2, 0.25) is 10.0 Å². The Labute approximate surface area is 144 Å². The first kappa shape index (κ1) is 16.5. The van der Waals surface area contributed by atoms with Crippen LogP contribution in [0.3, 0.4) is 0 Å². The molecule has 11 heteroatoms. The van der Waals surface area contributed by atoms with Crippen molar-refractivity contribution in [3.05, 3.63) is 49.7 Å². The average molecular weight is 368 g/mol. The van der Waals surface area contributed by atoms with Gasteiger partial charge in [-0.15, -0.1) is 0 Å². The number of rotatable bonds is 2. The molecule has 1 aromatic heterocycles. The number of amides is 2. The Morgan fingerprint density at radius 1 is 1.04 bits per heavy atom. The van der Waals surface area contributed by atoms with Crippen LogP contribution < -0.4 is 22.1 Å². The lowest BCUT2D eigenvalue weighted by atomic mass is 9.80. The number of hydrogen-bond donors (Lipinski definition) is 4. The van der Waals surface area contributed by atoms with Crippen molar-refractivity contribution in [1.82, 2.24) is 9.88 Å². The number of pyridine rings is 1. The first-order valence-corrected chi connectivity index (χ1v) is 7.24. The van der Waals surface area contributed by atoms with Crippen molar-refractivity contribution in [3.63, 3.8) is 0 Å². The van der Waals surface area contributed by atoms with E-state index in [2.05, 4.69) is 0 Å². The van der Waals surface area contributed by atoms with E-state index in [1.807, 2.05) is 5.32 Å². The smallest absolute Gasteiger partial charge is 0.423 e. The zero-order chi connectivity index (χ0) is 17.8. The van der Waals surface area contributed by atoms with Crippen molar-refractivity contribution in [2.75, 3.05) is 5.73 Å². The van der Waals surface area contributed by atoms with Crippen LogP contribution in [0, 0.1) is 0 Å². The Balaban J connectivity index is 2.35. The van der Waals surface area contributed by atoms with Gasteiger partial charge in [-0.3, -0.25) is 24.3 Å². The van der Waals surface area contributed by atoms with Gasteiger partial charge in [0.05, 0.1) is 21.8 Å². The molecule has 8 nitrogen and oxygen atoms in total. The second-order valence-electron chi connectivity index (χ2n) is 4.97. The van der Waals surface area contributed by atoms with Crippen LogP contribution in [0.1, 0.15) is 20.7 Å². The molecule has 122 valence electrons. The van der Waals surface area contributed by atoms with Gasteiger partial charge in [-0.2, -0.15) is 0 Å². The van der Waals surface area contributed by atoms with Crippen molar-refractivity contribution in [1.29, 1.82) is 0 Å². The van der Waals surface area contributed by atoms with Crippen LogP contribution in [0.25, 0.3) is 5.69 Å². The summed E-state index contributed by atoms with van der Waals surface area (Å²) in [6, 6.07) is 3.32. The second kappa shape index (κ2) is 5.64. The summed E-state index contributed by atoms with van der Waals surface area (Å²) in [6.45, 7) is 0. The highest BCUT2D eigenvalue weighted by atomic mass is 35.5. The van der Waals surface area contributed by atoms with Gasteiger partial charge in [-0.1, -0.05) is 23.2 Å². The molecule has 0 bridgehead atoms. The van der Waals surface area contributed by atoms with Crippen molar-refractivity contribution in [2.45, 2.75) is 0 Å². The van der Waals surface area contributed by atoms with Gasteiger partial charge in [0.1, 0.15) is 5.82 Å². The van der Waals surface area contributed by atoms with Crippen molar-refractivity contribution in [3.8, 4) is 5.69 Å². The molecule has 2 aromatic rings. The minimum absolute atomic E-state index is 0.0112. The topological polar surface area (TPSA) is 135 Å². The van der Waals surface area contributed by atoms with E-state index in [1.54, 1.807) is 0 Å². The lowest BCUT2D eigenvalue weighted by Gasteiger charge is -2.15. The highest BCUT2D eigenvalue weighted by Gasteiger charge is 2.32.